The fourth-order valence-corrected chi connectivity index (χ4v) is 5.00. The zero-order valence-electron chi connectivity index (χ0n) is 20.8. The van der Waals surface area contributed by atoms with Crippen LogP contribution in [0.4, 0.5) is 5.69 Å². The van der Waals surface area contributed by atoms with Crippen molar-refractivity contribution in [2.45, 2.75) is 46.7 Å². The molecule has 1 aliphatic heterocycles. The lowest BCUT2D eigenvalue weighted by atomic mass is 9.82. The number of nitrogens with one attached hydrogen (secondary N) is 2. The van der Waals surface area contributed by atoms with Crippen LogP contribution in [0.15, 0.2) is 48.5 Å². The number of fused-ring (bicyclic) bond motifs is 2. The molecular weight excluding hydrogens is 438 g/mol. The molecule has 0 fully saturated rings. The number of carbonyl (C=O) groups excluding carboxylic acids is 2. The van der Waals surface area contributed by atoms with E-state index in [9.17, 15) is 9.59 Å². The van der Waals surface area contributed by atoms with Crippen molar-refractivity contribution in [2.75, 3.05) is 4.90 Å². The zero-order valence-corrected chi connectivity index (χ0v) is 20.8. The normalized spacial score (nSPS) is 17.6. The molecule has 180 valence electrons. The molecule has 2 aromatic carbocycles. The van der Waals surface area contributed by atoms with Gasteiger partial charge in [0.05, 0.1) is 24.5 Å². The number of para-hydroxylation sites is 1. The molecule has 0 saturated heterocycles. The van der Waals surface area contributed by atoms with Crippen LogP contribution in [0.25, 0.3) is 10.9 Å². The highest BCUT2D eigenvalue weighted by Gasteiger charge is 2.36. The summed E-state index contributed by atoms with van der Waals surface area (Å²) in [6, 6.07) is 15.8. The van der Waals surface area contributed by atoms with E-state index >= 15 is 0 Å². The molecule has 0 radical (unpaired) electrons. The Hall–Kier alpha value is -3.87. The standard InChI is InChI=1S/C28H31N5O2/c1-16-17(2)28(35)33(15-26-18(3)19(4)31-32(26)5)25-13-21(10-11-23(16)25)27(34)29-14-22-12-20-8-6-7-9-24(20)30-22/h6-13,16-17,30H,14-15H2,1-5H3,(H,29,34). The minimum atomic E-state index is -0.169. The lowest BCUT2D eigenvalue weighted by molar-refractivity contribution is -0.123. The van der Waals surface area contributed by atoms with E-state index in [4.69, 9.17) is 0 Å². The molecule has 2 aromatic heterocycles. The number of nitrogens with zero attached hydrogens (tertiary/aromatic N) is 3. The lowest BCUT2D eigenvalue weighted by Crippen LogP contribution is -2.42. The van der Waals surface area contributed by atoms with Crippen molar-refractivity contribution >= 4 is 28.4 Å². The summed E-state index contributed by atoms with van der Waals surface area (Å²) >= 11 is 0. The molecule has 7 nitrogen and oxygen atoms in total. The van der Waals surface area contributed by atoms with E-state index in [-0.39, 0.29) is 23.7 Å². The van der Waals surface area contributed by atoms with Crippen LogP contribution in [0, 0.1) is 19.8 Å². The molecule has 2 unspecified atom stereocenters. The third-order valence-corrected chi connectivity index (χ3v) is 7.48. The summed E-state index contributed by atoms with van der Waals surface area (Å²) in [6.45, 7) is 8.89. The third kappa shape index (κ3) is 4.01. The topological polar surface area (TPSA) is 83.0 Å². The number of H-pyrrole nitrogens is 1. The number of rotatable bonds is 5. The molecule has 3 heterocycles. The molecule has 0 saturated carbocycles. The Balaban J connectivity index is 1.43. The summed E-state index contributed by atoms with van der Waals surface area (Å²) in [5, 5.41) is 8.64. The van der Waals surface area contributed by atoms with Gasteiger partial charge >= 0.3 is 0 Å². The minimum absolute atomic E-state index is 0.0684. The van der Waals surface area contributed by atoms with Gasteiger partial charge in [-0.15, -0.1) is 0 Å². The maximum atomic E-state index is 13.4. The molecular formula is C28H31N5O2. The second-order valence-corrected chi connectivity index (χ2v) is 9.62. The maximum absolute atomic E-state index is 13.4. The Labute approximate surface area is 205 Å². The van der Waals surface area contributed by atoms with Gasteiger partial charge in [-0.3, -0.25) is 14.3 Å². The van der Waals surface area contributed by atoms with Crippen molar-refractivity contribution in [3.8, 4) is 0 Å². The van der Waals surface area contributed by atoms with E-state index in [1.54, 1.807) is 0 Å². The van der Waals surface area contributed by atoms with Gasteiger partial charge in [-0.1, -0.05) is 38.1 Å². The van der Waals surface area contributed by atoms with Gasteiger partial charge in [-0.2, -0.15) is 5.10 Å². The van der Waals surface area contributed by atoms with Gasteiger partial charge in [-0.25, -0.2) is 0 Å². The summed E-state index contributed by atoms with van der Waals surface area (Å²) in [6.07, 6.45) is 0. The van der Waals surface area contributed by atoms with Crippen LogP contribution in [0.2, 0.25) is 0 Å². The Bertz CT molecular complexity index is 1410. The van der Waals surface area contributed by atoms with Crippen molar-refractivity contribution in [1.29, 1.82) is 0 Å². The van der Waals surface area contributed by atoms with Crippen molar-refractivity contribution in [3.63, 3.8) is 0 Å². The van der Waals surface area contributed by atoms with E-state index in [2.05, 4.69) is 22.3 Å². The Morgan fingerprint density at radius 1 is 1.09 bits per heavy atom. The average molecular weight is 470 g/mol. The summed E-state index contributed by atoms with van der Waals surface area (Å²) in [5.41, 5.74) is 7.45. The fraction of sp³-hybridized carbons (Fsp3) is 0.321. The largest absolute Gasteiger partial charge is 0.357 e. The average Bonchev–Trinajstić information content (AvgIpc) is 3.38. The smallest absolute Gasteiger partial charge is 0.251 e. The second-order valence-electron chi connectivity index (χ2n) is 9.62. The van der Waals surface area contributed by atoms with Crippen LogP contribution in [0.1, 0.15) is 58.3 Å². The quantitative estimate of drug-likeness (QED) is 0.443. The minimum Gasteiger partial charge on any atom is -0.357 e. The molecule has 1 aliphatic rings. The molecule has 2 N–H and O–H groups in total. The summed E-state index contributed by atoms with van der Waals surface area (Å²) < 4.78 is 1.84. The summed E-state index contributed by atoms with van der Waals surface area (Å²) in [7, 11) is 1.91. The Morgan fingerprint density at radius 3 is 2.57 bits per heavy atom. The van der Waals surface area contributed by atoms with Crippen LogP contribution in [-0.2, 0) is 24.9 Å². The molecule has 0 bridgehead atoms. The highest BCUT2D eigenvalue weighted by Crippen LogP contribution is 2.40. The van der Waals surface area contributed by atoms with Crippen LogP contribution in [0.3, 0.4) is 0 Å². The van der Waals surface area contributed by atoms with E-state index in [1.165, 1.54) is 0 Å². The third-order valence-electron chi connectivity index (χ3n) is 7.48. The predicted octanol–water partition coefficient (Wildman–Crippen LogP) is 4.73. The molecule has 7 heteroatoms. The SMILES string of the molecule is Cc1nn(C)c(CN2C(=O)C(C)C(C)c3ccc(C(=O)NCc4cc5ccccc5[nH]4)cc32)c1C. The van der Waals surface area contributed by atoms with Crippen LogP contribution in [0.5, 0.6) is 0 Å². The van der Waals surface area contributed by atoms with Crippen LogP contribution >= 0.6 is 0 Å². The van der Waals surface area contributed by atoms with Crippen molar-refractivity contribution in [3.05, 3.63) is 82.3 Å². The first-order chi connectivity index (χ1) is 16.7. The van der Waals surface area contributed by atoms with E-state index < -0.39 is 0 Å². The van der Waals surface area contributed by atoms with E-state index in [0.29, 0.717) is 18.7 Å². The Kier molecular flexibility index (Phi) is 5.71. The highest BCUT2D eigenvalue weighted by molar-refractivity contribution is 6.01. The predicted molar refractivity (Wildman–Crippen MR) is 137 cm³/mol. The fourth-order valence-electron chi connectivity index (χ4n) is 5.00. The highest BCUT2D eigenvalue weighted by atomic mass is 16.2. The molecule has 35 heavy (non-hydrogen) atoms. The van der Waals surface area contributed by atoms with Crippen molar-refractivity contribution < 1.29 is 9.59 Å². The number of benzene rings is 2. The lowest BCUT2D eigenvalue weighted by Gasteiger charge is -2.37. The number of aromatic amines is 1. The molecule has 0 spiro atoms. The van der Waals surface area contributed by atoms with E-state index in [1.807, 2.05) is 85.9 Å². The maximum Gasteiger partial charge on any atom is 0.251 e. The van der Waals surface area contributed by atoms with Crippen LogP contribution in [-0.4, -0.2) is 26.6 Å². The zero-order chi connectivity index (χ0) is 24.9. The van der Waals surface area contributed by atoms with Crippen LogP contribution < -0.4 is 10.2 Å². The number of aryl methyl sites for hydroxylation is 2. The first-order valence-corrected chi connectivity index (χ1v) is 12.0. The number of hydrogen-bond acceptors (Lipinski definition) is 3. The summed E-state index contributed by atoms with van der Waals surface area (Å²) in [4.78, 5) is 31.6. The van der Waals surface area contributed by atoms with Gasteiger partial charge in [0, 0.05) is 35.4 Å². The first-order valence-electron chi connectivity index (χ1n) is 12.0. The second kappa shape index (κ2) is 8.73. The van der Waals surface area contributed by atoms with Gasteiger partial charge in [-0.05, 0) is 60.5 Å². The number of amides is 2. The molecule has 2 amide bonds. The van der Waals surface area contributed by atoms with Gasteiger partial charge in [0.25, 0.3) is 5.91 Å². The monoisotopic (exact) mass is 469 g/mol. The van der Waals surface area contributed by atoms with Gasteiger partial charge in [0.2, 0.25) is 5.91 Å². The number of hydrogen-bond donors (Lipinski definition) is 2. The van der Waals surface area contributed by atoms with E-state index in [0.717, 1.165) is 44.8 Å². The number of carbonyl (C=O) groups is 2. The molecule has 5 rings (SSSR count). The molecule has 4 aromatic rings. The van der Waals surface area contributed by atoms with Crippen molar-refractivity contribution in [1.82, 2.24) is 20.1 Å². The molecule has 0 aliphatic carbocycles. The van der Waals surface area contributed by atoms with Gasteiger partial charge < -0.3 is 15.2 Å². The number of aromatic nitrogens is 3. The Morgan fingerprint density at radius 2 is 1.86 bits per heavy atom. The summed E-state index contributed by atoms with van der Waals surface area (Å²) in [5.74, 6) is -0.165. The number of anilines is 1. The van der Waals surface area contributed by atoms with Gasteiger partial charge in [0.1, 0.15) is 0 Å². The first kappa shape index (κ1) is 22.9. The molecule has 2 atom stereocenters. The van der Waals surface area contributed by atoms with Gasteiger partial charge in [0.15, 0.2) is 0 Å². The van der Waals surface area contributed by atoms with Crippen molar-refractivity contribution in [2.24, 2.45) is 13.0 Å².